The molecule has 0 aromatic heterocycles. The van der Waals surface area contributed by atoms with Crippen LogP contribution >= 0.6 is 0 Å². The molecule has 1 aromatic rings. The third kappa shape index (κ3) is 4.41. The highest BCUT2D eigenvalue weighted by atomic mass is 32.2. The van der Waals surface area contributed by atoms with E-state index in [1.165, 1.54) is 0 Å². The number of nitrogens with zero attached hydrogens (tertiary/aromatic N) is 1. The molecular formula is C8H9NO5S. The van der Waals surface area contributed by atoms with Gasteiger partial charge in [-0.2, -0.15) is 4.28 Å². The summed E-state index contributed by atoms with van der Waals surface area (Å²) in [4.78, 5) is 9.83. The lowest BCUT2D eigenvalue weighted by Gasteiger charge is -2.01. The normalized spacial score (nSPS) is 10.9. The second-order valence-corrected chi connectivity index (χ2v) is 4.47. The van der Waals surface area contributed by atoms with Gasteiger partial charge in [0.05, 0.1) is 5.75 Å². The van der Waals surface area contributed by atoms with Gasteiger partial charge in [0.1, 0.15) is 0 Å². The maximum absolute atomic E-state index is 11.0. The van der Waals surface area contributed by atoms with E-state index < -0.39 is 21.0 Å². The molecule has 1 aromatic carbocycles. The van der Waals surface area contributed by atoms with Crippen molar-refractivity contribution >= 4 is 10.1 Å². The van der Waals surface area contributed by atoms with E-state index in [0.29, 0.717) is 0 Å². The van der Waals surface area contributed by atoms with E-state index in [9.17, 15) is 18.5 Å². The van der Waals surface area contributed by atoms with Gasteiger partial charge in [0.2, 0.25) is 0 Å². The van der Waals surface area contributed by atoms with E-state index in [0.717, 1.165) is 5.56 Å². The summed E-state index contributed by atoms with van der Waals surface area (Å²) in [5.74, 6) is -0.405. The Labute approximate surface area is 86.7 Å². The molecule has 82 valence electrons. The minimum Gasteiger partial charge on any atom is -0.201 e. The minimum absolute atomic E-state index is 0.191. The molecule has 6 nitrogen and oxygen atoms in total. The van der Waals surface area contributed by atoms with Crippen molar-refractivity contribution in [3.8, 4) is 0 Å². The quantitative estimate of drug-likeness (QED) is 0.551. The summed E-state index contributed by atoms with van der Waals surface area (Å²) in [6, 6.07) is 8.79. The van der Waals surface area contributed by atoms with E-state index in [2.05, 4.69) is 4.28 Å². The molecule has 0 radical (unpaired) electrons. The third-order valence-corrected chi connectivity index (χ3v) is 2.71. The standard InChI is InChI=1S/C8H9NO5S/c10-9(11)14-15(12,13)7-6-8-4-2-1-3-5-8/h1-5H,6-7H2. The molecule has 1 rings (SSSR count). The zero-order valence-electron chi connectivity index (χ0n) is 7.70. The maximum Gasteiger partial charge on any atom is 0.310 e. The lowest BCUT2D eigenvalue weighted by Crippen LogP contribution is -2.16. The van der Waals surface area contributed by atoms with Gasteiger partial charge in [-0.3, -0.25) is 0 Å². The Morgan fingerprint density at radius 1 is 1.27 bits per heavy atom. The van der Waals surface area contributed by atoms with Crippen molar-refractivity contribution in [2.24, 2.45) is 0 Å². The molecule has 0 heterocycles. The zero-order chi connectivity index (χ0) is 11.3. The van der Waals surface area contributed by atoms with Gasteiger partial charge in [0.15, 0.2) is 0 Å². The topological polar surface area (TPSA) is 86.5 Å². The van der Waals surface area contributed by atoms with E-state index in [1.807, 2.05) is 0 Å². The fourth-order valence-electron chi connectivity index (χ4n) is 1.02. The summed E-state index contributed by atoms with van der Waals surface area (Å²) in [5, 5.41) is 8.51. The van der Waals surface area contributed by atoms with Crippen molar-refractivity contribution in [1.29, 1.82) is 0 Å². The molecule has 0 fully saturated rings. The first-order valence-corrected chi connectivity index (χ1v) is 5.68. The molecule has 0 atom stereocenters. The second-order valence-electron chi connectivity index (χ2n) is 2.80. The van der Waals surface area contributed by atoms with Crippen LogP contribution in [0.2, 0.25) is 0 Å². The molecule has 0 unspecified atom stereocenters. The first-order valence-electron chi connectivity index (χ1n) is 4.10. The second kappa shape index (κ2) is 4.74. The predicted octanol–water partition coefficient (Wildman–Crippen LogP) is 0.767. The molecule has 0 spiro atoms. The van der Waals surface area contributed by atoms with Crippen LogP contribution in [0.15, 0.2) is 30.3 Å². The van der Waals surface area contributed by atoms with Gasteiger partial charge in [-0.25, -0.2) is 8.42 Å². The van der Waals surface area contributed by atoms with Gasteiger partial charge in [0, 0.05) is 0 Å². The molecular weight excluding hydrogens is 222 g/mol. The number of aryl methyl sites for hydroxylation is 1. The van der Waals surface area contributed by atoms with Crippen LogP contribution in [-0.4, -0.2) is 19.3 Å². The van der Waals surface area contributed by atoms with Crippen LogP contribution in [0.5, 0.6) is 0 Å². The fraction of sp³-hybridized carbons (Fsp3) is 0.250. The van der Waals surface area contributed by atoms with E-state index >= 15 is 0 Å². The van der Waals surface area contributed by atoms with Gasteiger partial charge in [0.25, 0.3) is 0 Å². The monoisotopic (exact) mass is 231 g/mol. The van der Waals surface area contributed by atoms with Crippen LogP contribution in [0.1, 0.15) is 5.56 Å². The SMILES string of the molecule is O=[N+]([O-])OS(=O)(=O)CCc1ccccc1. The molecule has 15 heavy (non-hydrogen) atoms. The first-order chi connectivity index (χ1) is 6.99. The zero-order valence-corrected chi connectivity index (χ0v) is 8.51. The lowest BCUT2D eigenvalue weighted by molar-refractivity contribution is -0.711. The molecule has 0 aliphatic carbocycles. The van der Waals surface area contributed by atoms with Gasteiger partial charge >= 0.3 is 15.2 Å². The maximum atomic E-state index is 11.0. The fourth-order valence-corrected chi connectivity index (χ4v) is 1.76. The Bertz CT molecular complexity index is 428. The van der Waals surface area contributed by atoms with Gasteiger partial charge in [-0.1, -0.05) is 30.3 Å². The summed E-state index contributed by atoms with van der Waals surface area (Å²) in [6.07, 6.45) is 0.191. The van der Waals surface area contributed by atoms with Crippen molar-refractivity contribution < 1.29 is 17.8 Å². The number of hydrogen-bond acceptors (Lipinski definition) is 5. The number of hydrogen-bond donors (Lipinski definition) is 0. The smallest absolute Gasteiger partial charge is 0.201 e. The Morgan fingerprint density at radius 2 is 1.87 bits per heavy atom. The molecule has 7 heteroatoms. The van der Waals surface area contributed by atoms with Crippen LogP contribution in [0.3, 0.4) is 0 Å². The van der Waals surface area contributed by atoms with Crippen LogP contribution in [0.4, 0.5) is 0 Å². The highest BCUT2D eigenvalue weighted by Gasteiger charge is 2.15. The first kappa shape index (κ1) is 11.4. The molecule has 0 bridgehead atoms. The third-order valence-electron chi connectivity index (χ3n) is 1.66. The minimum atomic E-state index is -4.08. The molecule has 0 saturated heterocycles. The molecule has 0 N–H and O–H groups in total. The highest BCUT2D eigenvalue weighted by molar-refractivity contribution is 7.86. The summed E-state index contributed by atoms with van der Waals surface area (Å²) in [6.45, 7) is 0. The summed E-state index contributed by atoms with van der Waals surface area (Å²) < 4.78 is 25.5. The van der Waals surface area contributed by atoms with Crippen LogP contribution in [0.25, 0.3) is 0 Å². The van der Waals surface area contributed by atoms with Crippen LogP contribution < -0.4 is 0 Å². The van der Waals surface area contributed by atoms with Gasteiger partial charge in [-0.05, 0) is 12.0 Å². The predicted molar refractivity (Wildman–Crippen MR) is 52.0 cm³/mol. The van der Waals surface area contributed by atoms with Gasteiger partial charge in [-0.15, -0.1) is 10.1 Å². The Morgan fingerprint density at radius 3 is 2.40 bits per heavy atom. The van der Waals surface area contributed by atoms with Gasteiger partial charge < -0.3 is 0 Å². The average Bonchev–Trinajstić information content (AvgIpc) is 2.15. The number of benzene rings is 1. The van der Waals surface area contributed by atoms with Crippen LogP contribution in [0, 0.1) is 10.1 Å². The molecule has 0 amide bonds. The average molecular weight is 231 g/mol. The largest absolute Gasteiger partial charge is 0.310 e. The Hall–Kier alpha value is -1.63. The van der Waals surface area contributed by atoms with Crippen molar-refractivity contribution in [3.05, 3.63) is 46.0 Å². The van der Waals surface area contributed by atoms with Crippen LogP contribution in [-0.2, 0) is 20.8 Å². The lowest BCUT2D eigenvalue weighted by atomic mass is 10.2. The van der Waals surface area contributed by atoms with Crippen molar-refractivity contribution in [3.63, 3.8) is 0 Å². The van der Waals surface area contributed by atoms with E-state index in [-0.39, 0.29) is 6.42 Å². The van der Waals surface area contributed by atoms with E-state index in [4.69, 9.17) is 0 Å². The van der Waals surface area contributed by atoms with Crippen molar-refractivity contribution in [2.75, 3.05) is 5.75 Å². The Balaban J connectivity index is 2.54. The summed E-state index contributed by atoms with van der Waals surface area (Å²) in [7, 11) is -4.08. The summed E-state index contributed by atoms with van der Waals surface area (Å²) in [5.41, 5.74) is 0.785. The number of rotatable bonds is 5. The summed E-state index contributed by atoms with van der Waals surface area (Å²) >= 11 is 0. The highest BCUT2D eigenvalue weighted by Crippen LogP contribution is 2.03. The molecule has 0 saturated carbocycles. The Kier molecular flexibility index (Phi) is 3.62. The van der Waals surface area contributed by atoms with Crippen molar-refractivity contribution in [1.82, 2.24) is 0 Å². The van der Waals surface area contributed by atoms with E-state index in [1.54, 1.807) is 30.3 Å². The molecule has 0 aliphatic rings. The van der Waals surface area contributed by atoms with Crippen molar-refractivity contribution in [2.45, 2.75) is 6.42 Å². The molecule has 0 aliphatic heterocycles.